The van der Waals surface area contributed by atoms with Gasteiger partial charge in [-0.15, -0.1) is 0 Å². The lowest BCUT2D eigenvalue weighted by Crippen LogP contribution is -2.44. The van der Waals surface area contributed by atoms with Gasteiger partial charge in [-0.1, -0.05) is 6.92 Å². The van der Waals surface area contributed by atoms with Crippen LogP contribution in [0.2, 0.25) is 0 Å². The second kappa shape index (κ2) is 8.41. The smallest absolute Gasteiger partial charge is 0.277 e. The number of amides is 2. The molecule has 1 aliphatic rings. The maximum Gasteiger partial charge on any atom is 0.277 e. The van der Waals surface area contributed by atoms with Gasteiger partial charge in [0, 0.05) is 31.3 Å². The number of primary amides is 1. The molecule has 0 saturated carbocycles. The van der Waals surface area contributed by atoms with Gasteiger partial charge in [0.1, 0.15) is 0 Å². The van der Waals surface area contributed by atoms with E-state index in [1.807, 2.05) is 0 Å². The highest BCUT2D eigenvalue weighted by molar-refractivity contribution is 7.89. The summed E-state index contributed by atoms with van der Waals surface area (Å²) in [7, 11) is -3.88. The van der Waals surface area contributed by atoms with Crippen molar-refractivity contribution in [3.63, 3.8) is 0 Å². The number of carbonyl (C=O) groups is 3. The molecule has 1 fully saturated rings. The summed E-state index contributed by atoms with van der Waals surface area (Å²) in [6.45, 7) is 1.47. The summed E-state index contributed by atoms with van der Waals surface area (Å²) < 4.78 is 26.0. The molecule has 2 atom stereocenters. The van der Waals surface area contributed by atoms with Gasteiger partial charge in [0.2, 0.25) is 17.0 Å². The van der Waals surface area contributed by atoms with Crippen LogP contribution in [0, 0.1) is 5.92 Å². The zero-order chi connectivity index (χ0) is 19.3. The minimum atomic E-state index is -3.88. The first-order chi connectivity index (χ1) is 12.2. The van der Waals surface area contributed by atoms with Crippen molar-refractivity contribution in [2.75, 3.05) is 13.1 Å². The van der Waals surface area contributed by atoms with E-state index in [4.69, 9.17) is 5.73 Å². The van der Waals surface area contributed by atoms with Crippen LogP contribution in [0.4, 0.5) is 0 Å². The molecule has 26 heavy (non-hydrogen) atoms. The summed E-state index contributed by atoms with van der Waals surface area (Å²) in [6, 6.07) is -0.747. The number of rotatable bonds is 7. The van der Waals surface area contributed by atoms with Crippen molar-refractivity contribution in [1.29, 1.82) is 0 Å². The number of sulfonamides is 1. The van der Waals surface area contributed by atoms with Crippen LogP contribution in [0.1, 0.15) is 32.6 Å². The molecule has 0 aromatic carbocycles. The maximum atomic E-state index is 12.5. The Morgan fingerprint density at radius 1 is 1.50 bits per heavy atom. The average Bonchev–Trinajstić information content (AvgIpc) is 3.06. The van der Waals surface area contributed by atoms with Gasteiger partial charge in [-0.2, -0.15) is 4.31 Å². The van der Waals surface area contributed by atoms with E-state index in [0.717, 1.165) is 4.31 Å². The molecule has 1 aromatic rings. The highest BCUT2D eigenvalue weighted by Crippen LogP contribution is 2.17. The van der Waals surface area contributed by atoms with E-state index in [0.29, 0.717) is 19.3 Å². The Morgan fingerprint density at radius 3 is 2.85 bits per heavy atom. The Hall–Kier alpha value is -2.27. The second-order valence-corrected chi connectivity index (χ2v) is 8.16. The number of Topliss-reactive ketones (excluding diaryl/α,β-unsaturated/α-hetero) is 1. The van der Waals surface area contributed by atoms with Crippen LogP contribution in [0.3, 0.4) is 0 Å². The highest BCUT2D eigenvalue weighted by atomic mass is 32.2. The molecule has 4 N–H and O–H groups in total. The largest absolute Gasteiger partial charge is 0.369 e. The van der Waals surface area contributed by atoms with E-state index < -0.39 is 27.9 Å². The first-order valence-corrected chi connectivity index (χ1v) is 9.76. The summed E-state index contributed by atoms with van der Waals surface area (Å²) in [6.07, 6.45) is 3.85. The standard InChI is InChI=1S/C15H23N5O5S/c1-10(14(16)23)4-5-13(22)19-11-3-2-8-20(9-12(11)21)26(24,25)15-17-6-7-18-15/h6-7,10-11H,2-5,8-9H2,1H3,(H2,16,23)(H,17,18)(H,19,22)/t10?,11-/m0/s1. The normalized spacial score (nSPS) is 20.3. The third-order valence-electron chi connectivity index (χ3n) is 4.30. The molecule has 2 amide bonds. The number of carbonyl (C=O) groups excluding carboxylic acids is 3. The molecule has 2 heterocycles. The predicted molar refractivity (Wildman–Crippen MR) is 91.1 cm³/mol. The number of nitrogens with one attached hydrogen (secondary N) is 2. The Labute approximate surface area is 151 Å². The van der Waals surface area contributed by atoms with Gasteiger partial charge in [-0.05, 0) is 19.3 Å². The van der Waals surface area contributed by atoms with Crippen LogP contribution >= 0.6 is 0 Å². The van der Waals surface area contributed by atoms with E-state index in [1.165, 1.54) is 12.4 Å². The van der Waals surface area contributed by atoms with E-state index >= 15 is 0 Å². The van der Waals surface area contributed by atoms with Gasteiger partial charge in [0.05, 0.1) is 12.6 Å². The molecule has 0 radical (unpaired) electrons. The maximum absolute atomic E-state index is 12.5. The lowest BCUT2D eigenvalue weighted by Gasteiger charge is -2.18. The molecule has 1 aliphatic heterocycles. The zero-order valence-electron chi connectivity index (χ0n) is 14.5. The first-order valence-electron chi connectivity index (χ1n) is 8.32. The van der Waals surface area contributed by atoms with Crippen molar-refractivity contribution in [2.45, 2.75) is 43.8 Å². The molecule has 0 aliphatic carbocycles. The Balaban J connectivity index is 1.95. The number of hydrogen-bond donors (Lipinski definition) is 3. The van der Waals surface area contributed by atoms with Crippen molar-refractivity contribution in [1.82, 2.24) is 19.6 Å². The summed E-state index contributed by atoms with van der Waals surface area (Å²) in [5.41, 5.74) is 5.15. The fraction of sp³-hybridized carbons (Fsp3) is 0.600. The van der Waals surface area contributed by atoms with Gasteiger partial charge in [0.25, 0.3) is 10.0 Å². The molecule has 10 nitrogen and oxygen atoms in total. The van der Waals surface area contributed by atoms with Crippen molar-refractivity contribution >= 4 is 27.6 Å². The molecule has 1 aromatic heterocycles. The number of nitrogens with zero attached hydrogens (tertiary/aromatic N) is 2. The quantitative estimate of drug-likeness (QED) is 0.555. The van der Waals surface area contributed by atoms with Crippen LogP contribution in [-0.2, 0) is 24.4 Å². The van der Waals surface area contributed by atoms with Crippen molar-refractivity contribution in [3.8, 4) is 0 Å². The van der Waals surface area contributed by atoms with E-state index in [2.05, 4.69) is 15.3 Å². The molecule has 11 heteroatoms. The average molecular weight is 385 g/mol. The van der Waals surface area contributed by atoms with Crippen molar-refractivity contribution in [3.05, 3.63) is 12.4 Å². The van der Waals surface area contributed by atoms with E-state index in [-0.39, 0.29) is 36.4 Å². The minimum Gasteiger partial charge on any atom is -0.369 e. The number of ketones is 1. The number of H-pyrrole nitrogens is 1. The van der Waals surface area contributed by atoms with Crippen molar-refractivity contribution in [2.24, 2.45) is 11.7 Å². The monoisotopic (exact) mass is 385 g/mol. The van der Waals surface area contributed by atoms with Gasteiger partial charge in [-0.3, -0.25) is 14.4 Å². The predicted octanol–water partition coefficient (Wildman–Crippen LogP) is -0.850. The van der Waals surface area contributed by atoms with Crippen LogP contribution in [0.15, 0.2) is 17.6 Å². The van der Waals surface area contributed by atoms with Gasteiger partial charge < -0.3 is 16.0 Å². The third kappa shape index (κ3) is 4.88. The fourth-order valence-electron chi connectivity index (χ4n) is 2.62. The summed E-state index contributed by atoms with van der Waals surface area (Å²) >= 11 is 0. The molecule has 1 saturated heterocycles. The zero-order valence-corrected chi connectivity index (χ0v) is 15.3. The number of aromatic amines is 1. The van der Waals surface area contributed by atoms with Gasteiger partial charge in [-0.25, -0.2) is 13.4 Å². The number of hydrogen-bond acceptors (Lipinski definition) is 6. The number of aromatic nitrogens is 2. The molecule has 0 spiro atoms. The Bertz CT molecular complexity index is 761. The molecule has 2 rings (SSSR count). The molecular weight excluding hydrogens is 362 g/mol. The van der Waals surface area contributed by atoms with Crippen LogP contribution in [0.25, 0.3) is 0 Å². The van der Waals surface area contributed by atoms with Crippen LogP contribution < -0.4 is 11.1 Å². The Kier molecular flexibility index (Phi) is 6.48. The van der Waals surface area contributed by atoms with Gasteiger partial charge >= 0.3 is 0 Å². The Morgan fingerprint density at radius 2 is 2.23 bits per heavy atom. The second-order valence-electron chi connectivity index (χ2n) is 6.30. The summed E-state index contributed by atoms with van der Waals surface area (Å²) in [4.78, 5) is 41.7. The third-order valence-corrected chi connectivity index (χ3v) is 6.01. The van der Waals surface area contributed by atoms with Crippen molar-refractivity contribution < 1.29 is 22.8 Å². The summed E-state index contributed by atoms with van der Waals surface area (Å²) in [5, 5.41) is 2.41. The molecule has 144 valence electrons. The SMILES string of the molecule is CC(CCC(=O)N[C@H]1CCCN(S(=O)(=O)c2ncc[nH]2)CC1=O)C(N)=O. The molecular formula is C15H23N5O5S. The summed E-state index contributed by atoms with van der Waals surface area (Å²) in [5.74, 6) is -1.66. The molecule has 1 unspecified atom stereocenters. The number of imidazole rings is 1. The van der Waals surface area contributed by atoms with Gasteiger partial charge in [0.15, 0.2) is 5.78 Å². The van der Waals surface area contributed by atoms with Crippen LogP contribution in [0.5, 0.6) is 0 Å². The molecule has 0 bridgehead atoms. The highest BCUT2D eigenvalue weighted by Gasteiger charge is 2.34. The first kappa shape index (κ1) is 20.0. The van der Waals surface area contributed by atoms with E-state index in [1.54, 1.807) is 6.92 Å². The fourth-order valence-corrected chi connectivity index (χ4v) is 3.95. The van der Waals surface area contributed by atoms with Crippen LogP contribution in [-0.4, -0.2) is 59.4 Å². The number of nitrogens with two attached hydrogens (primary N) is 1. The topological polar surface area (TPSA) is 155 Å². The lowest BCUT2D eigenvalue weighted by atomic mass is 10.0. The minimum absolute atomic E-state index is 0.0717. The lowest BCUT2D eigenvalue weighted by molar-refractivity contribution is -0.128. The van der Waals surface area contributed by atoms with E-state index in [9.17, 15) is 22.8 Å².